The standard InChI is InChI=1S/C15H7N3S2/c16-8-10-4-3-5-11(9-17)14(10)20-15-18-12-6-1-2-7-13(12)19-15/h1-7H. The summed E-state index contributed by atoms with van der Waals surface area (Å²) in [6.45, 7) is 0. The lowest BCUT2D eigenvalue weighted by molar-refractivity contribution is 1.27. The maximum Gasteiger partial charge on any atom is 0.155 e. The summed E-state index contributed by atoms with van der Waals surface area (Å²) in [4.78, 5) is 5.20. The number of nitrogens with zero attached hydrogens (tertiary/aromatic N) is 3. The summed E-state index contributed by atoms with van der Waals surface area (Å²) in [5, 5.41) is 18.3. The molecule has 3 rings (SSSR count). The molecule has 2 aromatic carbocycles. The van der Waals surface area contributed by atoms with Gasteiger partial charge in [0, 0.05) is 0 Å². The van der Waals surface area contributed by atoms with Gasteiger partial charge >= 0.3 is 0 Å². The fraction of sp³-hybridized carbons (Fsp3) is 0. The van der Waals surface area contributed by atoms with E-state index in [-0.39, 0.29) is 0 Å². The first-order chi connectivity index (χ1) is 9.81. The minimum atomic E-state index is 0.508. The van der Waals surface area contributed by atoms with Crippen molar-refractivity contribution in [3.63, 3.8) is 0 Å². The lowest BCUT2D eigenvalue weighted by Crippen LogP contribution is -1.86. The van der Waals surface area contributed by atoms with E-state index < -0.39 is 0 Å². The van der Waals surface area contributed by atoms with Crippen molar-refractivity contribution in [1.29, 1.82) is 10.5 Å². The second-order valence-electron chi connectivity index (χ2n) is 3.96. The number of fused-ring (bicyclic) bond motifs is 1. The zero-order valence-electron chi connectivity index (χ0n) is 10.2. The highest BCUT2D eigenvalue weighted by Crippen LogP contribution is 2.37. The third kappa shape index (κ3) is 2.25. The molecule has 0 amide bonds. The highest BCUT2D eigenvalue weighted by molar-refractivity contribution is 8.01. The predicted octanol–water partition coefficient (Wildman–Crippen LogP) is 4.19. The van der Waals surface area contributed by atoms with E-state index in [4.69, 9.17) is 10.5 Å². The Morgan fingerprint density at radius 1 is 0.950 bits per heavy atom. The van der Waals surface area contributed by atoms with Crippen molar-refractivity contribution in [2.75, 3.05) is 0 Å². The molecule has 0 unspecified atom stereocenters. The fourth-order valence-electron chi connectivity index (χ4n) is 1.81. The van der Waals surface area contributed by atoms with Gasteiger partial charge in [0.25, 0.3) is 0 Å². The van der Waals surface area contributed by atoms with E-state index >= 15 is 0 Å². The Labute approximate surface area is 124 Å². The molecule has 0 atom stereocenters. The van der Waals surface area contributed by atoms with Crippen LogP contribution in [0.25, 0.3) is 10.2 Å². The van der Waals surface area contributed by atoms with Gasteiger partial charge in [-0.3, -0.25) is 0 Å². The zero-order chi connectivity index (χ0) is 13.9. The van der Waals surface area contributed by atoms with Gasteiger partial charge in [-0.15, -0.1) is 11.3 Å². The van der Waals surface area contributed by atoms with Gasteiger partial charge in [0.15, 0.2) is 4.34 Å². The van der Waals surface area contributed by atoms with Crippen LogP contribution in [0.5, 0.6) is 0 Å². The summed E-state index contributed by atoms with van der Waals surface area (Å²) in [5.74, 6) is 0. The quantitative estimate of drug-likeness (QED) is 0.710. The summed E-state index contributed by atoms with van der Waals surface area (Å²) in [5.41, 5.74) is 1.95. The molecule has 3 aromatic rings. The number of hydrogen-bond acceptors (Lipinski definition) is 5. The average Bonchev–Trinajstić information content (AvgIpc) is 2.89. The first-order valence-corrected chi connectivity index (χ1v) is 7.42. The third-order valence-corrected chi connectivity index (χ3v) is 4.96. The van der Waals surface area contributed by atoms with Crippen LogP contribution in [0, 0.1) is 22.7 Å². The Balaban J connectivity index is 2.07. The molecule has 0 aliphatic carbocycles. The first-order valence-electron chi connectivity index (χ1n) is 5.78. The Morgan fingerprint density at radius 3 is 2.30 bits per heavy atom. The molecule has 20 heavy (non-hydrogen) atoms. The summed E-state index contributed by atoms with van der Waals surface area (Å²) in [6, 6.07) is 17.3. The van der Waals surface area contributed by atoms with E-state index in [1.165, 1.54) is 11.8 Å². The molecule has 1 heterocycles. The average molecular weight is 293 g/mol. The van der Waals surface area contributed by atoms with Gasteiger partial charge in [-0.05, 0) is 24.3 Å². The van der Waals surface area contributed by atoms with E-state index in [2.05, 4.69) is 17.1 Å². The molecule has 0 aliphatic heterocycles. The van der Waals surface area contributed by atoms with Crippen molar-refractivity contribution < 1.29 is 0 Å². The third-order valence-electron chi connectivity index (χ3n) is 2.72. The number of hydrogen-bond donors (Lipinski definition) is 0. The van der Waals surface area contributed by atoms with E-state index in [9.17, 15) is 0 Å². The lowest BCUT2D eigenvalue weighted by atomic mass is 10.1. The highest BCUT2D eigenvalue weighted by Gasteiger charge is 2.12. The van der Waals surface area contributed by atoms with Crippen molar-refractivity contribution in [3.8, 4) is 12.1 Å². The fourth-order valence-corrected chi connectivity index (χ4v) is 3.95. The van der Waals surface area contributed by atoms with Gasteiger partial charge < -0.3 is 0 Å². The van der Waals surface area contributed by atoms with Crippen molar-refractivity contribution in [2.24, 2.45) is 0 Å². The van der Waals surface area contributed by atoms with Crippen LogP contribution in [0.3, 0.4) is 0 Å². The van der Waals surface area contributed by atoms with Crippen molar-refractivity contribution >= 4 is 33.3 Å². The normalized spacial score (nSPS) is 10.1. The van der Waals surface area contributed by atoms with Crippen LogP contribution in [0.15, 0.2) is 51.7 Å². The van der Waals surface area contributed by atoms with E-state index in [1.807, 2.05) is 24.3 Å². The molecule has 1 aromatic heterocycles. The van der Waals surface area contributed by atoms with Crippen molar-refractivity contribution in [2.45, 2.75) is 9.24 Å². The number of thiazole rings is 1. The monoisotopic (exact) mass is 293 g/mol. The Hall–Kier alpha value is -2.34. The molecule has 0 bridgehead atoms. The van der Waals surface area contributed by atoms with Crippen LogP contribution >= 0.6 is 23.1 Å². The molecule has 0 N–H and O–H groups in total. The number of nitriles is 2. The van der Waals surface area contributed by atoms with Crippen molar-refractivity contribution in [1.82, 2.24) is 4.98 Å². The Morgan fingerprint density at radius 2 is 1.65 bits per heavy atom. The summed E-state index contributed by atoms with van der Waals surface area (Å²) in [6.07, 6.45) is 0. The maximum absolute atomic E-state index is 9.17. The van der Waals surface area contributed by atoms with Gasteiger partial charge in [0.2, 0.25) is 0 Å². The molecule has 0 saturated heterocycles. The van der Waals surface area contributed by atoms with Gasteiger partial charge in [-0.25, -0.2) is 4.98 Å². The van der Waals surface area contributed by atoms with E-state index in [1.54, 1.807) is 29.5 Å². The van der Waals surface area contributed by atoms with E-state index in [0.29, 0.717) is 16.0 Å². The van der Waals surface area contributed by atoms with Crippen molar-refractivity contribution in [3.05, 3.63) is 53.6 Å². The molecular weight excluding hydrogens is 286 g/mol. The molecule has 0 fully saturated rings. The first kappa shape index (κ1) is 12.7. The largest absolute Gasteiger partial charge is 0.229 e. The molecular formula is C15H7N3S2. The van der Waals surface area contributed by atoms with Gasteiger partial charge in [-0.2, -0.15) is 10.5 Å². The van der Waals surface area contributed by atoms with Gasteiger partial charge in [0.1, 0.15) is 12.1 Å². The molecule has 0 saturated carbocycles. The minimum absolute atomic E-state index is 0.508. The summed E-state index contributed by atoms with van der Waals surface area (Å²) < 4.78 is 1.94. The van der Waals surface area contributed by atoms with Crippen LogP contribution in [-0.4, -0.2) is 4.98 Å². The summed E-state index contributed by atoms with van der Waals surface area (Å²) >= 11 is 2.94. The molecule has 0 spiro atoms. The Bertz CT molecular complexity index is 803. The van der Waals surface area contributed by atoms with Crippen LogP contribution in [0.2, 0.25) is 0 Å². The molecule has 5 heteroatoms. The Kier molecular flexibility index (Phi) is 3.39. The lowest BCUT2D eigenvalue weighted by Gasteiger charge is -2.02. The predicted molar refractivity (Wildman–Crippen MR) is 79.6 cm³/mol. The summed E-state index contributed by atoms with van der Waals surface area (Å²) in [7, 11) is 0. The molecule has 0 aliphatic rings. The van der Waals surface area contributed by atoms with Crippen LogP contribution < -0.4 is 0 Å². The van der Waals surface area contributed by atoms with Gasteiger partial charge in [-0.1, -0.05) is 30.0 Å². The molecule has 3 nitrogen and oxygen atoms in total. The molecule has 0 radical (unpaired) electrons. The number of rotatable bonds is 2. The van der Waals surface area contributed by atoms with E-state index in [0.717, 1.165) is 14.6 Å². The second-order valence-corrected chi connectivity index (χ2v) is 6.24. The smallest absolute Gasteiger partial charge is 0.155 e. The zero-order valence-corrected chi connectivity index (χ0v) is 11.8. The SMILES string of the molecule is N#Cc1cccc(C#N)c1Sc1nc2ccccc2s1. The highest BCUT2D eigenvalue weighted by atomic mass is 32.2. The topological polar surface area (TPSA) is 60.5 Å². The number of benzene rings is 2. The second kappa shape index (κ2) is 5.34. The number of aromatic nitrogens is 1. The van der Waals surface area contributed by atoms with Gasteiger partial charge in [0.05, 0.1) is 26.2 Å². The minimum Gasteiger partial charge on any atom is -0.229 e. The van der Waals surface area contributed by atoms with Crippen LogP contribution in [0.1, 0.15) is 11.1 Å². The van der Waals surface area contributed by atoms with Crippen LogP contribution in [-0.2, 0) is 0 Å². The number of para-hydroxylation sites is 1. The molecule has 94 valence electrons. The maximum atomic E-state index is 9.17. The van der Waals surface area contributed by atoms with Crippen LogP contribution in [0.4, 0.5) is 0 Å².